The maximum atomic E-state index is 14.1. The van der Waals surface area contributed by atoms with E-state index in [-0.39, 0.29) is 30.3 Å². The van der Waals surface area contributed by atoms with E-state index in [0.29, 0.717) is 13.0 Å². The van der Waals surface area contributed by atoms with Crippen LogP contribution in [-0.4, -0.2) is 85.0 Å². The fraction of sp³-hybridized carbons (Fsp3) is 0.793. The van der Waals surface area contributed by atoms with E-state index in [1.165, 1.54) is 12.0 Å². The minimum Gasteiger partial charge on any atom is -0.438 e. The van der Waals surface area contributed by atoms with Crippen LogP contribution in [0.15, 0.2) is 0 Å². The van der Waals surface area contributed by atoms with Gasteiger partial charge in [0, 0.05) is 6.54 Å². The lowest BCUT2D eigenvalue weighted by molar-refractivity contribution is -0.145. The minimum absolute atomic E-state index is 0.0591. The van der Waals surface area contributed by atoms with Crippen LogP contribution in [0.4, 0.5) is 9.59 Å². The minimum atomic E-state index is -1.13. The van der Waals surface area contributed by atoms with Gasteiger partial charge in [-0.25, -0.2) is 9.59 Å². The second kappa shape index (κ2) is 12.9. The molecule has 1 saturated heterocycles. The molecule has 1 saturated carbocycles. The summed E-state index contributed by atoms with van der Waals surface area (Å²) in [6.07, 6.45) is -0.125. The Kier molecular flexibility index (Phi) is 10.7. The van der Waals surface area contributed by atoms with Crippen molar-refractivity contribution in [3.8, 4) is 0 Å². The Morgan fingerprint density at radius 2 is 1.57 bits per heavy atom. The largest absolute Gasteiger partial charge is 0.508 e. The van der Waals surface area contributed by atoms with Gasteiger partial charge in [-0.1, -0.05) is 68.7 Å². The van der Waals surface area contributed by atoms with Crippen molar-refractivity contribution in [2.75, 3.05) is 20.3 Å². The Balaban J connectivity index is 2.29. The number of Topliss-reactive ketones (excluding diaryl/α,β-unsaturated/α-hetero) is 1. The predicted molar refractivity (Wildman–Crippen MR) is 154 cm³/mol. The summed E-state index contributed by atoms with van der Waals surface area (Å²) < 4.78 is 9.58. The molecular weight excluding hydrogens is 546 g/mol. The van der Waals surface area contributed by atoms with Gasteiger partial charge in [-0.2, -0.15) is 0 Å². The second-order valence-electron chi connectivity index (χ2n) is 14.1. The number of urea groups is 1. The fourth-order valence-electron chi connectivity index (χ4n) is 5.66. The van der Waals surface area contributed by atoms with Crippen LogP contribution < -0.4 is 21.7 Å². The average molecular weight is 596 g/mol. The number of carbonyl (C=O) groups excluding carboxylic acids is 6. The van der Waals surface area contributed by atoms with Gasteiger partial charge in [0.1, 0.15) is 18.7 Å². The van der Waals surface area contributed by atoms with E-state index < -0.39 is 70.7 Å². The van der Waals surface area contributed by atoms with Crippen molar-refractivity contribution in [3.63, 3.8) is 0 Å². The van der Waals surface area contributed by atoms with E-state index in [0.717, 1.165) is 0 Å². The van der Waals surface area contributed by atoms with Crippen LogP contribution in [0.25, 0.3) is 0 Å². The number of rotatable bonds is 11. The molecule has 5 amide bonds. The lowest BCUT2D eigenvalue weighted by atomic mass is 9.85. The van der Waals surface area contributed by atoms with E-state index in [4.69, 9.17) is 10.5 Å². The standard InChI is InChI=1S/C29H49N5O8/c1-11-12-16(20(35)22(30)36)31-23(37)19-18-15(29(18,8)9)13-34(19)24(38)21(28(5,6)7)33-25(39)32-17(27(2,3)4)14-42-26(40)41-10/h15-19,21H,11-14H2,1-10H3,(H2,30,36)(H,31,37)(H2,32,33,39)/t15-,16?,17+,18-,19-,21+/m0/s1. The van der Waals surface area contributed by atoms with Crippen LogP contribution in [0, 0.1) is 28.1 Å². The van der Waals surface area contributed by atoms with Crippen LogP contribution in [0.3, 0.4) is 0 Å². The number of fused-ring (bicyclic) bond motifs is 1. The van der Waals surface area contributed by atoms with Crippen molar-refractivity contribution in [1.82, 2.24) is 20.9 Å². The summed E-state index contributed by atoms with van der Waals surface area (Å²) in [7, 11) is 1.19. The van der Waals surface area contributed by atoms with Crippen molar-refractivity contribution in [3.05, 3.63) is 0 Å². The topological polar surface area (TPSA) is 186 Å². The Bertz CT molecular complexity index is 1080. The molecule has 0 bridgehead atoms. The molecule has 13 heteroatoms. The average Bonchev–Trinajstić information content (AvgIpc) is 3.19. The summed E-state index contributed by atoms with van der Waals surface area (Å²) in [6, 6.07) is -4.24. The van der Waals surface area contributed by atoms with Gasteiger partial charge in [-0.15, -0.1) is 0 Å². The highest BCUT2D eigenvalue weighted by atomic mass is 16.7. The highest BCUT2D eigenvalue weighted by molar-refractivity contribution is 6.37. The maximum Gasteiger partial charge on any atom is 0.508 e. The van der Waals surface area contributed by atoms with Crippen LogP contribution in [0.5, 0.6) is 0 Å². The zero-order chi connectivity index (χ0) is 32.4. The third-order valence-electron chi connectivity index (χ3n) is 8.49. The number of likely N-dealkylation sites (tertiary alicyclic amines) is 1. The molecule has 2 fully saturated rings. The number of primary amides is 1. The van der Waals surface area contributed by atoms with Crippen LogP contribution in [0.1, 0.15) is 75.2 Å². The summed E-state index contributed by atoms with van der Waals surface area (Å²) in [5.41, 5.74) is 3.75. The fourth-order valence-corrected chi connectivity index (χ4v) is 5.66. The predicted octanol–water partition coefficient (Wildman–Crippen LogP) is 1.72. The van der Waals surface area contributed by atoms with Gasteiger partial charge in [0.25, 0.3) is 5.91 Å². The Hall–Kier alpha value is -3.38. The molecule has 1 unspecified atom stereocenters. The number of methoxy groups -OCH3 is 1. The smallest absolute Gasteiger partial charge is 0.438 e. The molecule has 0 radical (unpaired) electrons. The molecule has 238 valence electrons. The number of ether oxygens (including phenoxy) is 2. The van der Waals surface area contributed by atoms with Crippen LogP contribution >= 0.6 is 0 Å². The van der Waals surface area contributed by atoms with Gasteiger partial charge in [0.2, 0.25) is 17.6 Å². The van der Waals surface area contributed by atoms with E-state index in [1.54, 1.807) is 20.8 Å². The van der Waals surface area contributed by atoms with Crippen LogP contribution in [0.2, 0.25) is 0 Å². The molecule has 0 spiro atoms. The number of ketones is 1. The molecule has 1 aliphatic carbocycles. The summed E-state index contributed by atoms with van der Waals surface area (Å²) in [6.45, 7) is 17.0. The molecule has 0 aromatic rings. The lowest BCUT2D eigenvalue weighted by Crippen LogP contribution is -2.62. The molecule has 0 aromatic carbocycles. The van der Waals surface area contributed by atoms with E-state index >= 15 is 0 Å². The number of nitrogens with one attached hydrogen (secondary N) is 3. The van der Waals surface area contributed by atoms with E-state index in [9.17, 15) is 28.8 Å². The number of carbonyl (C=O) groups is 6. The monoisotopic (exact) mass is 595 g/mol. The van der Waals surface area contributed by atoms with Gasteiger partial charge < -0.3 is 36.1 Å². The second-order valence-corrected chi connectivity index (χ2v) is 14.1. The summed E-state index contributed by atoms with van der Waals surface area (Å²) in [5.74, 6) is -3.08. The maximum absolute atomic E-state index is 14.1. The molecular formula is C29H49N5O8. The number of hydrogen-bond donors (Lipinski definition) is 4. The summed E-state index contributed by atoms with van der Waals surface area (Å²) >= 11 is 0. The number of nitrogens with zero attached hydrogens (tertiary/aromatic N) is 1. The summed E-state index contributed by atoms with van der Waals surface area (Å²) in [5, 5.41) is 8.26. The van der Waals surface area contributed by atoms with Crippen molar-refractivity contribution < 1.29 is 38.2 Å². The Morgan fingerprint density at radius 3 is 2.05 bits per heavy atom. The zero-order valence-corrected chi connectivity index (χ0v) is 26.6. The van der Waals surface area contributed by atoms with Gasteiger partial charge in [0.05, 0.1) is 19.2 Å². The van der Waals surface area contributed by atoms with Crippen molar-refractivity contribution in [2.24, 2.45) is 33.8 Å². The zero-order valence-electron chi connectivity index (χ0n) is 26.6. The van der Waals surface area contributed by atoms with Crippen LogP contribution in [-0.2, 0) is 28.7 Å². The van der Waals surface area contributed by atoms with Crippen molar-refractivity contribution >= 4 is 35.7 Å². The van der Waals surface area contributed by atoms with E-state index in [1.807, 2.05) is 41.5 Å². The van der Waals surface area contributed by atoms with Crippen molar-refractivity contribution in [2.45, 2.75) is 99.3 Å². The molecule has 42 heavy (non-hydrogen) atoms. The highest BCUT2D eigenvalue weighted by Gasteiger charge is 2.69. The first-order valence-electron chi connectivity index (χ1n) is 14.4. The summed E-state index contributed by atoms with van der Waals surface area (Å²) in [4.78, 5) is 77.9. The first-order valence-corrected chi connectivity index (χ1v) is 14.4. The molecule has 6 atom stereocenters. The molecule has 5 N–H and O–H groups in total. The number of hydrogen-bond acceptors (Lipinski definition) is 8. The van der Waals surface area contributed by atoms with Gasteiger partial charge in [-0.3, -0.25) is 19.2 Å². The molecule has 2 rings (SSSR count). The third kappa shape index (κ3) is 7.91. The Morgan fingerprint density at radius 1 is 0.976 bits per heavy atom. The lowest BCUT2D eigenvalue weighted by Gasteiger charge is -2.38. The normalized spacial score (nSPS) is 23.0. The first-order chi connectivity index (χ1) is 19.2. The quantitative estimate of drug-likeness (QED) is 0.205. The van der Waals surface area contributed by atoms with Crippen molar-refractivity contribution in [1.29, 1.82) is 0 Å². The molecule has 1 heterocycles. The number of amides is 5. The molecule has 1 aliphatic heterocycles. The number of piperidine rings is 1. The van der Waals surface area contributed by atoms with Gasteiger partial charge >= 0.3 is 12.2 Å². The molecule has 13 nitrogen and oxygen atoms in total. The van der Waals surface area contributed by atoms with E-state index in [2.05, 4.69) is 20.7 Å². The number of nitrogens with two attached hydrogens (primary N) is 1. The SMILES string of the molecule is CCCC(NC(=O)[C@@H]1[C@@H]2[C@H](CN1C(=O)[C@@H](NC(=O)N[C@H](COC(=O)OC)C(C)(C)C)C(C)(C)C)C2(C)C)C(=O)C(N)=O. The third-order valence-corrected chi connectivity index (χ3v) is 8.49. The highest BCUT2D eigenvalue weighted by Crippen LogP contribution is 2.65. The first kappa shape index (κ1) is 34.8. The Labute approximate surface area is 248 Å². The molecule has 2 aliphatic rings. The van der Waals surface area contributed by atoms with Gasteiger partial charge in [0.15, 0.2) is 0 Å². The molecule has 0 aromatic heterocycles. The van der Waals surface area contributed by atoms with Gasteiger partial charge in [-0.05, 0) is 34.5 Å².